The number of nitrogens with one attached hydrogen (secondary N) is 2. The summed E-state index contributed by atoms with van der Waals surface area (Å²) in [5.41, 5.74) is 0.780. The Morgan fingerprint density at radius 3 is 2.94 bits per heavy atom. The molecule has 3 rings (SSSR count). The highest BCUT2D eigenvalue weighted by molar-refractivity contribution is 5.27. The van der Waals surface area contributed by atoms with Crippen molar-refractivity contribution in [3.8, 4) is 0 Å². The van der Waals surface area contributed by atoms with Crippen LogP contribution in [0.2, 0.25) is 0 Å². The number of aryl methyl sites for hydroxylation is 1. The van der Waals surface area contributed by atoms with Crippen molar-refractivity contribution in [2.45, 2.75) is 26.2 Å². The number of hydrogen-bond acceptors (Lipinski definition) is 4. The van der Waals surface area contributed by atoms with Gasteiger partial charge in [0.25, 0.3) is 11.3 Å². The van der Waals surface area contributed by atoms with Crippen LogP contribution in [-0.4, -0.2) is 32.7 Å². The Bertz CT molecular complexity index is 608. The Labute approximate surface area is 104 Å². The van der Waals surface area contributed by atoms with Gasteiger partial charge in [0.2, 0.25) is 0 Å². The van der Waals surface area contributed by atoms with E-state index in [1.165, 1.54) is 4.52 Å². The van der Waals surface area contributed by atoms with Gasteiger partial charge in [0.15, 0.2) is 0 Å². The minimum Gasteiger partial charge on any atom is -0.317 e. The molecule has 1 aliphatic heterocycles. The lowest BCUT2D eigenvalue weighted by Gasteiger charge is -2.21. The lowest BCUT2D eigenvalue weighted by atomic mass is 9.93. The molecule has 0 amide bonds. The molecule has 0 saturated carbocycles. The van der Waals surface area contributed by atoms with Gasteiger partial charge in [-0.05, 0) is 45.2 Å². The normalized spacial score (nSPS) is 17.4. The molecule has 3 heterocycles. The molecule has 1 fully saturated rings. The Morgan fingerprint density at radius 1 is 1.39 bits per heavy atom. The first-order valence-electron chi connectivity index (χ1n) is 6.38. The van der Waals surface area contributed by atoms with Crippen molar-refractivity contribution in [2.75, 3.05) is 13.1 Å². The highest BCUT2D eigenvalue weighted by Crippen LogP contribution is 2.16. The monoisotopic (exact) mass is 247 g/mol. The summed E-state index contributed by atoms with van der Waals surface area (Å²) >= 11 is 0. The Morgan fingerprint density at radius 2 is 2.17 bits per heavy atom. The summed E-state index contributed by atoms with van der Waals surface area (Å²) in [5.74, 6) is 1.81. The maximum Gasteiger partial charge on any atom is 0.274 e. The second kappa shape index (κ2) is 4.53. The van der Waals surface area contributed by atoms with Gasteiger partial charge in [-0.2, -0.15) is 9.50 Å². The Hall–Kier alpha value is -1.69. The van der Waals surface area contributed by atoms with Gasteiger partial charge in [-0.15, -0.1) is 0 Å². The van der Waals surface area contributed by atoms with Gasteiger partial charge >= 0.3 is 0 Å². The zero-order valence-corrected chi connectivity index (χ0v) is 10.4. The summed E-state index contributed by atoms with van der Waals surface area (Å²) in [6.07, 6.45) is 3.18. The lowest BCUT2D eigenvalue weighted by Crippen LogP contribution is -2.29. The fraction of sp³-hybridized carbons (Fsp3) is 0.583. The summed E-state index contributed by atoms with van der Waals surface area (Å²) in [6, 6.07) is 1.62. The highest BCUT2D eigenvalue weighted by atomic mass is 16.1. The van der Waals surface area contributed by atoms with Crippen LogP contribution >= 0.6 is 0 Å². The molecule has 2 N–H and O–H groups in total. The Kier molecular flexibility index (Phi) is 2.87. The predicted molar refractivity (Wildman–Crippen MR) is 67.6 cm³/mol. The van der Waals surface area contributed by atoms with Gasteiger partial charge in [-0.1, -0.05) is 0 Å². The minimum absolute atomic E-state index is 0.0791. The average molecular weight is 247 g/mol. The number of nitrogens with zero attached hydrogens (tertiary/aromatic N) is 3. The molecule has 6 heteroatoms. The van der Waals surface area contributed by atoms with Crippen LogP contribution in [0.25, 0.3) is 5.78 Å². The van der Waals surface area contributed by atoms with Gasteiger partial charge in [0, 0.05) is 6.07 Å². The van der Waals surface area contributed by atoms with Gasteiger partial charge < -0.3 is 5.32 Å². The molecule has 18 heavy (non-hydrogen) atoms. The third-order valence-electron chi connectivity index (χ3n) is 3.45. The van der Waals surface area contributed by atoms with Crippen LogP contribution in [0.15, 0.2) is 10.9 Å². The van der Waals surface area contributed by atoms with E-state index in [0.717, 1.165) is 38.0 Å². The predicted octanol–water partition coefficient (Wildman–Crippen LogP) is 0.268. The molecule has 2 aromatic rings. The van der Waals surface area contributed by atoms with Crippen molar-refractivity contribution < 1.29 is 0 Å². The van der Waals surface area contributed by atoms with Crippen molar-refractivity contribution >= 4 is 5.78 Å². The van der Waals surface area contributed by atoms with E-state index < -0.39 is 0 Å². The second-order valence-corrected chi connectivity index (χ2v) is 4.93. The molecular formula is C12H17N5O. The Balaban J connectivity index is 1.89. The van der Waals surface area contributed by atoms with Crippen LogP contribution in [0, 0.1) is 12.8 Å². The zero-order valence-electron chi connectivity index (χ0n) is 10.4. The summed E-state index contributed by atoms with van der Waals surface area (Å²) in [6.45, 7) is 3.95. The molecule has 0 unspecified atom stereocenters. The van der Waals surface area contributed by atoms with E-state index in [4.69, 9.17) is 0 Å². The maximum absolute atomic E-state index is 11.9. The first-order valence-corrected chi connectivity index (χ1v) is 6.38. The molecule has 6 nitrogen and oxygen atoms in total. The maximum atomic E-state index is 11.9. The number of aromatic amines is 1. The summed E-state index contributed by atoms with van der Waals surface area (Å²) in [7, 11) is 0. The SMILES string of the molecule is Cc1nc2nc(CC3CCNCC3)cc(=O)n2[nH]1. The van der Waals surface area contributed by atoms with Crippen LogP contribution in [0.5, 0.6) is 0 Å². The number of fused-ring (bicyclic) bond motifs is 1. The summed E-state index contributed by atoms with van der Waals surface area (Å²) < 4.78 is 1.39. The number of H-pyrrole nitrogens is 1. The van der Waals surface area contributed by atoms with Crippen molar-refractivity contribution in [1.29, 1.82) is 0 Å². The molecule has 0 aromatic carbocycles. The molecule has 0 spiro atoms. The van der Waals surface area contributed by atoms with Gasteiger partial charge in [0.05, 0.1) is 5.69 Å². The minimum atomic E-state index is -0.0791. The smallest absolute Gasteiger partial charge is 0.274 e. The number of hydrogen-bond donors (Lipinski definition) is 2. The molecule has 2 aromatic heterocycles. The van der Waals surface area contributed by atoms with E-state index in [-0.39, 0.29) is 5.56 Å². The van der Waals surface area contributed by atoms with Crippen molar-refractivity contribution in [3.05, 3.63) is 27.9 Å². The second-order valence-electron chi connectivity index (χ2n) is 4.93. The largest absolute Gasteiger partial charge is 0.317 e. The zero-order chi connectivity index (χ0) is 12.5. The van der Waals surface area contributed by atoms with Gasteiger partial charge in [-0.25, -0.2) is 4.98 Å². The first kappa shape index (κ1) is 11.4. The third-order valence-corrected chi connectivity index (χ3v) is 3.45. The van der Waals surface area contributed by atoms with Crippen LogP contribution in [0.1, 0.15) is 24.4 Å². The fourth-order valence-corrected chi connectivity index (χ4v) is 2.52. The van der Waals surface area contributed by atoms with E-state index in [1.807, 2.05) is 6.92 Å². The van der Waals surface area contributed by atoms with Crippen molar-refractivity contribution in [3.63, 3.8) is 0 Å². The van der Waals surface area contributed by atoms with E-state index in [2.05, 4.69) is 20.4 Å². The van der Waals surface area contributed by atoms with Gasteiger partial charge in [0.1, 0.15) is 5.82 Å². The average Bonchev–Trinajstić information content (AvgIpc) is 2.72. The molecular weight excluding hydrogens is 230 g/mol. The summed E-state index contributed by atoms with van der Waals surface area (Å²) in [5, 5.41) is 6.22. The number of aromatic nitrogens is 4. The van der Waals surface area contributed by atoms with E-state index in [9.17, 15) is 4.79 Å². The topological polar surface area (TPSA) is 75.1 Å². The van der Waals surface area contributed by atoms with Crippen molar-refractivity contribution in [1.82, 2.24) is 24.9 Å². The molecule has 0 radical (unpaired) electrons. The fourth-order valence-electron chi connectivity index (χ4n) is 2.52. The van der Waals surface area contributed by atoms with Crippen LogP contribution < -0.4 is 10.9 Å². The van der Waals surface area contributed by atoms with Crippen LogP contribution in [-0.2, 0) is 6.42 Å². The molecule has 0 bridgehead atoms. The van der Waals surface area contributed by atoms with Crippen LogP contribution in [0.4, 0.5) is 0 Å². The highest BCUT2D eigenvalue weighted by Gasteiger charge is 2.15. The van der Waals surface area contributed by atoms with E-state index in [0.29, 0.717) is 17.5 Å². The molecule has 1 aliphatic rings. The van der Waals surface area contributed by atoms with Crippen LogP contribution in [0.3, 0.4) is 0 Å². The quantitative estimate of drug-likeness (QED) is 0.798. The van der Waals surface area contributed by atoms with Gasteiger partial charge in [-0.3, -0.25) is 9.89 Å². The lowest BCUT2D eigenvalue weighted by molar-refractivity contribution is 0.370. The van der Waals surface area contributed by atoms with E-state index >= 15 is 0 Å². The number of rotatable bonds is 2. The van der Waals surface area contributed by atoms with Crippen molar-refractivity contribution in [2.24, 2.45) is 5.92 Å². The summed E-state index contributed by atoms with van der Waals surface area (Å²) in [4.78, 5) is 20.6. The molecule has 0 atom stereocenters. The third kappa shape index (κ3) is 2.15. The van der Waals surface area contributed by atoms with E-state index in [1.54, 1.807) is 6.07 Å². The first-order chi connectivity index (χ1) is 8.72. The number of piperidine rings is 1. The standard InChI is InChI=1S/C12H17N5O/c1-8-14-12-15-10(7-11(18)17(12)16-8)6-9-2-4-13-5-3-9/h7,9,13H,2-6H2,1H3,(H,14,15,16). The molecule has 0 aliphatic carbocycles. The molecule has 96 valence electrons. The molecule has 1 saturated heterocycles.